The Labute approximate surface area is 119 Å². The molecule has 1 N–H and O–H groups in total. The number of rotatable bonds is 4. The standard InChI is InChI=1S/C12H11BrN2O3S/c1-18-9-4-6-10(7-5-9)19(16,17)15-11-3-2-8-14-12(11)13/h2-8,15H,1H3. The first-order valence-electron chi connectivity index (χ1n) is 5.30. The number of ether oxygens (including phenoxy) is 1. The number of sulfonamides is 1. The summed E-state index contributed by atoms with van der Waals surface area (Å²) in [4.78, 5) is 4.11. The van der Waals surface area contributed by atoms with Crippen molar-refractivity contribution >= 4 is 31.6 Å². The Balaban J connectivity index is 2.30. The molecule has 19 heavy (non-hydrogen) atoms. The van der Waals surface area contributed by atoms with Crippen LogP contribution in [-0.2, 0) is 10.0 Å². The van der Waals surface area contributed by atoms with Gasteiger partial charge in [-0.25, -0.2) is 13.4 Å². The molecule has 2 rings (SSSR count). The molecule has 0 amide bonds. The van der Waals surface area contributed by atoms with Crippen LogP contribution in [0.25, 0.3) is 0 Å². The molecule has 0 unspecified atom stereocenters. The lowest BCUT2D eigenvalue weighted by Crippen LogP contribution is -2.13. The lowest BCUT2D eigenvalue weighted by molar-refractivity contribution is 0.414. The fraction of sp³-hybridized carbons (Fsp3) is 0.0833. The molecule has 0 spiro atoms. The topological polar surface area (TPSA) is 68.3 Å². The molecule has 1 aromatic carbocycles. The quantitative estimate of drug-likeness (QED) is 0.867. The maximum atomic E-state index is 12.2. The van der Waals surface area contributed by atoms with E-state index in [1.165, 1.54) is 19.2 Å². The maximum Gasteiger partial charge on any atom is 0.261 e. The van der Waals surface area contributed by atoms with Gasteiger partial charge in [0.2, 0.25) is 0 Å². The number of aromatic nitrogens is 1. The van der Waals surface area contributed by atoms with Gasteiger partial charge in [-0.2, -0.15) is 0 Å². The normalized spacial score (nSPS) is 11.1. The lowest BCUT2D eigenvalue weighted by Gasteiger charge is -2.09. The number of hydrogen-bond donors (Lipinski definition) is 1. The highest BCUT2D eigenvalue weighted by Crippen LogP contribution is 2.23. The van der Waals surface area contributed by atoms with E-state index in [0.29, 0.717) is 16.0 Å². The van der Waals surface area contributed by atoms with Crippen molar-refractivity contribution in [3.8, 4) is 5.75 Å². The average molecular weight is 343 g/mol. The van der Waals surface area contributed by atoms with E-state index in [9.17, 15) is 8.42 Å². The molecule has 0 aliphatic rings. The fourth-order valence-corrected chi connectivity index (χ4v) is 2.97. The van der Waals surface area contributed by atoms with E-state index in [4.69, 9.17) is 4.74 Å². The predicted octanol–water partition coefficient (Wildman–Crippen LogP) is 2.65. The van der Waals surface area contributed by atoms with E-state index in [1.807, 2.05) is 0 Å². The molecule has 0 saturated carbocycles. The highest BCUT2D eigenvalue weighted by molar-refractivity contribution is 9.10. The summed E-state index contributed by atoms with van der Waals surface area (Å²) in [6, 6.07) is 9.41. The van der Waals surface area contributed by atoms with Crippen LogP contribution in [0.4, 0.5) is 5.69 Å². The van der Waals surface area contributed by atoms with Crippen LogP contribution < -0.4 is 9.46 Å². The number of halogens is 1. The second-order valence-electron chi connectivity index (χ2n) is 3.62. The van der Waals surface area contributed by atoms with E-state index < -0.39 is 10.0 Å². The molecule has 0 saturated heterocycles. The van der Waals surface area contributed by atoms with Gasteiger partial charge in [0.05, 0.1) is 17.7 Å². The van der Waals surface area contributed by atoms with Gasteiger partial charge in [-0.3, -0.25) is 4.72 Å². The molecule has 0 aliphatic carbocycles. The Kier molecular flexibility index (Phi) is 4.06. The van der Waals surface area contributed by atoms with Crippen LogP contribution >= 0.6 is 15.9 Å². The second-order valence-corrected chi connectivity index (χ2v) is 6.06. The Morgan fingerprint density at radius 2 is 1.89 bits per heavy atom. The monoisotopic (exact) mass is 342 g/mol. The Bertz CT molecular complexity index is 672. The molecule has 1 heterocycles. The third-order valence-electron chi connectivity index (χ3n) is 2.37. The molecule has 0 atom stereocenters. The minimum atomic E-state index is -3.64. The number of pyridine rings is 1. The van der Waals surface area contributed by atoms with Crippen molar-refractivity contribution in [1.29, 1.82) is 0 Å². The summed E-state index contributed by atoms with van der Waals surface area (Å²) in [7, 11) is -2.11. The SMILES string of the molecule is COc1ccc(S(=O)(=O)Nc2cccnc2Br)cc1. The van der Waals surface area contributed by atoms with Gasteiger partial charge in [-0.1, -0.05) is 0 Å². The zero-order valence-corrected chi connectivity index (χ0v) is 12.4. The minimum Gasteiger partial charge on any atom is -0.497 e. The molecule has 5 nitrogen and oxygen atoms in total. The summed E-state index contributed by atoms with van der Waals surface area (Å²) in [5.41, 5.74) is 0.387. The van der Waals surface area contributed by atoms with Crippen LogP contribution in [-0.4, -0.2) is 20.5 Å². The second kappa shape index (κ2) is 5.58. The molecule has 0 bridgehead atoms. The molecule has 0 radical (unpaired) electrons. The Morgan fingerprint density at radius 3 is 2.47 bits per heavy atom. The smallest absolute Gasteiger partial charge is 0.261 e. The van der Waals surface area contributed by atoms with Crippen molar-refractivity contribution in [1.82, 2.24) is 4.98 Å². The van der Waals surface area contributed by atoms with Crippen molar-refractivity contribution in [3.63, 3.8) is 0 Å². The van der Waals surface area contributed by atoms with Gasteiger partial charge in [-0.15, -0.1) is 0 Å². The van der Waals surface area contributed by atoms with E-state index in [-0.39, 0.29) is 4.90 Å². The summed E-state index contributed by atoms with van der Waals surface area (Å²) in [5, 5.41) is 0. The summed E-state index contributed by atoms with van der Waals surface area (Å²) in [5.74, 6) is 0.599. The van der Waals surface area contributed by atoms with Gasteiger partial charge >= 0.3 is 0 Å². The van der Waals surface area contributed by atoms with Crippen molar-refractivity contribution < 1.29 is 13.2 Å². The summed E-state index contributed by atoms with van der Waals surface area (Å²) < 4.78 is 32.2. The molecule has 2 aromatic rings. The van der Waals surface area contributed by atoms with Crippen LogP contribution in [0.3, 0.4) is 0 Å². The Hall–Kier alpha value is -1.60. The number of hydrogen-bond acceptors (Lipinski definition) is 4. The number of benzene rings is 1. The van der Waals surface area contributed by atoms with Crippen LogP contribution in [0.2, 0.25) is 0 Å². The highest BCUT2D eigenvalue weighted by atomic mass is 79.9. The third kappa shape index (κ3) is 3.24. The molecule has 1 aromatic heterocycles. The summed E-state index contributed by atoms with van der Waals surface area (Å²) in [6.07, 6.45) is 1.56. The van der Waals surface area contributed by atoms with Gasteiger partial charge in [0, 0.05) is 6.20 Å². The van der Waals surface area contributed by atoms with Gasteiger partial charge in [0.15, 0.2) is 0 Å². The molecule has 0 fully saturated rings. The highest BCUT2D eigenvalue weighted by Gasteiger charge is 2.15. The fourth-order valence-electron chi connectivity index (χ4n) is 1.42. The minimum absolute atomic E-state index is 0.157. The first-order valence-corrected chi connectivity index (χ1v) is 7.58. The lowest BCUT2D eigenvalue weighted by atomic mass is 10.3. The number of nitrogens with one attached hydrogen (secondary N) is 1. The number of anilines is 1. The van der Waals surface area contributed by atoms with Crippen molar-refractivity contribution in [2.75, 3.05) is 11.8 Å². The summed E-state index contributed by atoms with van der Waals surface area (Å²) in [6.45, 7) is 0. The van der Waals surface area contributed by atoms with E-state index >= 15 is 0 Å². The Morgan fingerprint density at radius 1 is 1.21 bits per heavy atom. The van der Waals surface area contributed by atoms with Crippen LogP contribution in [0, 0.1) is 0 Å². The predicted molar refractivity (Wildman–Crippen MR) is 75.7 cm³/mol. The van der Waals surface area contributed by atoms with Gasteiger partial charge in [0.1, 0.15) is 10.4 Å². The van der Waals surface area contributed by atoms with Crippen molar-refractivity contribution in [2.45, 2.75) is 4.90 Å². The van der Waals surface area contributed by atoms with E-state index in [0.717, 1.165) is 0 Å². The third-order valence-corrected chi connectivity index (χ3v) is 4.39. The molecular formula is C12H11BrN2O3S. The number of methoxy groups -OCH3 is 1. The van der Waals surface area contributed by atoms with Crippen LogP contribution in [0.15, 0.2) is 52.1 Å². The largest absolute Gasteiger partial charge is 0.497 e. The zero-order chi connectivity index (χ0) is 13.9. The van der Waals surface area contributed by atoms with E-state index in [1.54, 1.807) is 30.5 Å². The molecular weight excluding hydrogens is 332 g/mol. The summed E-state index contributed by atoms with van der Waals surface area (Å²) >= 11 is 3.19. The molecule has 100 valence electrons. The maximum absolute atomic E-state index is 12.2. The first-order chi connectivity index (χ1) is 9.03. The number of nitrogens with zero attached hydrogens (tertiary/aromatic N) is 1. The van der Waals surface area contributed by atoms with Gasteiger partial charge in [0.25, 0.3) is 10.0 Å². The molecule has 7 heteroatoms. The van der Waals surface area contributed by atoms with Gasteiger partial charge in [-0.05, 0) is 52.3 Å². The van der Waals surface area contributed by atoms with Crippen molar-refractivity contribution in [2.24, 2.45) is 0 Å². The first kappa shape index (κ1) is 13.8. The van der Waals surface area contributed by atoms with Crippen LogP contribution in [0.1, 0.15) is 0 Å². The van der Waals surface area contributed by atoms with Crippen LogP contribution in [0.5, 0.6) is 5.75 Å². The zero-order valence-electron chi connectivity index (χ0n) is 10.00. The average Bonchev–Trinajstić information content (AvgIpc) is 2.41. The van der Waals surface area contributed by atoms with E-state index in [2.05, 4.69) is 25.6 Å². The van der Waals surface area contributed by atoms with Crippen molar-refractivity contribution in [3.05, 3.63) is 47.2 Å². The van der Waals surface area contributed by atoms with Gasteiger partial charge < -0.3 is 4.74 Å². The molecule has 0 aliphatic heterocycles.